The molecule has 0 spiro atoms. The molecule has 4 rings (SSSR count). The highest BCUT2D eigenvalue weighted by molar-refractivity contribution is 7.89. The molecule has 136 valence electrons. The van der Waals surface area contributed by atoms with Crippen LogP contribution in [0.5, 0.6) is 0 Å². The number of aromatic nitrogens is 1. The highest BCUT2D eigenvalue weighted by Gasteiger charge is 2.27. The maximum atomic E-state index is 13.4. The minimum absolute atomic E-state index is 0.170. The highest BCUT2D eigenvalue weighted by atomic mass is 32.2. The number of rotatable bonds is 3. The fourth-order valence-corrected chi connectivity index (χ4v) is 5.38. The minimum atomic E-state index is -3.58. The normalized spacial score (nSPS) is 17.4. The van der Waals surface area contributed by atoms with Gasteiger partial charge in [-0.1, -0.05) is 12.1 Å². The molecule has 1 unspecified atom stereocenters. The van der Waals surface area contributed by atoms with E-state index in [0.29, 0.717) is 17.7 Å². The molecule has 0 amide bonds. The first-order valence-corrected chi connectivity index (χ1v) is 10.2. The average Bonchev–Trinajstić information content (AvgIpc) is 2.93. The molecule has 0 bridgehead atoms. The van der Waals surface area contributed by atoms with Gasteiger partial charge in [-0.25, -0.2) is 17.5 Å². The standard InChI is InChI=1S/C20H21FN2O2S/c1-12-3-4-13(2)20(9-12)26(24,25)23-15-6-8-18-17(11-15)16-7-5-14(21)10-19(16)22-18/h3-5,7,9-10,15,22-23H,6,8,11H2,1-2H3. The van der Waals surface area contributed by atoms with Crippen molar-refractivity contribution in [3.8, 4) is 0 Å². The maximum Gasteiger partial charge on any atom is 0.241 e. The molecule has 0 saturated heterocycles. The molecular formula is C20H21FN2O2S. The van der Waals surface area contributed by atoms with Gasteiger partial charge < -0.3 is 4.98 Å². The highest BCUT2D eigenvalue weighted by Crippen LogP contribution is 2.30. The molecule has 0 fully saturated rings. The first-order valence-electron chi connectivity index (χ1n) is 8.72. The van der Waals surface area contributed by atoms with Crippen molar-refractivity contribution in [2.24, 2.45) is 0 Å². The number of sulfonamides is 1. The molecule has 6 heteroatoms. The number of aryl methyl sites for hydroxylation is 3. The molecule has 1 heterocycles. The molecule has 2 N–H and O–H groups in total. The number of nitrogens with one attached hydrogen (secondary N) is 2. The molecule has 1 aliphatic carbocycles. The molecule has 2 aromatic carbocycles. The van der Waals surface area contributed by atoms with Crippen LogP contribution < -0.4 is 4.72 Å². The lowest BCUT2D eigenvalue weighted by Crippen LogP contribution is -2.39. The van der Waals surface area contributed by atoms with E-state index >= 15 is 0 Å². The summed E-state index contributed by atoms with van der Waals surface area (Å²) in [5.41, 5.74) is 4.59. The van der Waals surface area contributed by atoms with Gasteiger partial charge in [0, 0.05) is 22.6 Å². The van der Waals surface area contributed by atoms with Crippen molar-refractivity contribution >= 4 is 20.9 Å². The van der Waals surface area contributed by atoms with Crippen molar-refractivity contribution in [1.82, 2.24) is 9.71 Å². The summed E-state index contributed by atoms with van der Waals surface area (Å²) < 4.78 is 42.0. The van der Waals surface area contributed by atoms with Gasteiger partial charge in [0.2, 0.25) is 10.0 Å². The summed E-state index contributed by atoms with van der Waals surface area (Å²) in [6, 6.07) is 9.98. The van der Waals surface area contributed by atoms with E-state index in [1.165, 1.54) is 12.1 Å². The Morgan fingerprint density at radius 2 is 1.96 bits per heavy atom. The third kappa shape index (κ3) is 3.04. The first kappa shape index (κ1) is 17.2. The average molecular weight is 372 g/mol. The summed E-state index contributed by atoms with van der Waals surface area (Å²) in [5, 5.41) is 0.969. The van der Waals surface area contributed by atoms with Crippen LogP contribution in [0.2, 0.25) is 0 Å². The molecule has 26 heavy (non-hydrogen) atoms. The van der Waals surface area contributed by atoms with Gasteiger partial charge in [0.15, 0.2) is 0 Å². The Balaban J connectivity index is 1.63. The van der Waals surface area contributed by atoms with E-state index in [0.717, 1.165) is 39.7 Å². The predicted octanol–water partition coefficient (Wildman–Crippen LogP) is 3.76. The van der Waals surface area contributed by atoms with Crippen LogP contribution in [0.15, 0.2) is 41.3 Å². The topological polar surface area (TPSA) is 62.0 Å². The van der Waals surface area contributed by atoms with Crippen LogP contribution in [0.1, 0.15) is 28.8 Å². The fraction of sp³-hybridized carbons (Fsp3) is 0.300. The Morgan fingerprint density at radius 1 is 1.15 bits per heavy atom. The van der Waals surface area contributed by atoms with Gasteiger partial charge in [0.05, 0.1) is 4.90 Å². The monoisotopic (exact) mass is 372 g/mol. The molecule has 1 atom stereocenters. The summed E-state index contributed by atoms with van der Waals surface area (Å²) in [6.07, 6.45) is 2.06. The van der Waals surface area contributed by atoms with Crippen molar-refractivity contribution in [3.63, 3.8) is 0 Å². The van der Waals surface area contributed by atoms with E-state index in [2.05, 4.69) is 9.71 Å². The van der Waals surface area contributed by atoms with Gasteiger partial charge in [-0.15, -0.1) is 0 Å². The summed E-state index contributed by atoms with van der Waals surface area (Å²) in [6.45, 7) is 3.69. The second kappa shape index (κ2) is 6.21. The lowest BCUT2D eigenvalue weighted by atomic mass is 9.92. The lowest BCUT2D eigenvalue weighted by Gasteiger charge is -2.24. The Morgan fingerprint density at radius 3 is 2.77 bits per heavy atom. The predicted molar refractivity (Wildman–Crippen MR) is 100 cm³/mol. The second-order valence-electron chi connectivity index (χ2n) is 7.10. The minimum Gasteiger partial charge on any atom is -0.358 e. The summed E-state index contributed by atoms with van der Waals surface area (Å²) in [5.74, 6) is -0.275. The van der Waals surface area contributed by atoms with Crippen molar-refractivity contribution in [2.45, 2.75) is 44.0 Å². The molecule has 0 radical (unpaired) electrons. The molecular weight excluding hydrogens is 351 g/mol. The Hall–Kier alpha value is -2.18. The third-order valence-electron chi connectivity index (χ3n) is 5.10. The van der Waals surface area contributed by atoms with E-state index in [-0.39, 0.29) is 11.9 Å². The number of hydrogen-bond donors (Lipinski definition) is 2. The molecule has 0 aliphatic heterocycles. The van der Waals surface area contributed by atoms with E-state index in [4.69, 9.17) is 0 Å². The number of aromatic amines is 1. The van der Waals surface area contributed by atoms with Crippen molar-refractivity contribution in [2.75, 3.05) is 0 Å². The molecule has 3 aromatic rings. The fourth-order valence-electron chi connectivity index (χ4n) is 3.78. The molecule has 1 aliphatic rings. The number of fused-ring (bicyclic) bond motifs is 3. The Bertz CT molecular complexity index is 1100. The zero-order valence-electron chi connectivity index (χ0n) is 14.8. The maximum absolute atomic E-state index is 13.4. The largest absolute Gasteiger partial charge is 0.358 e. The van der Waals surface area contributed by atoms with E-state index in [9.17, 15) is 12.8 Å². The van der Waals surface area contributed by atoms with Crippen molar-refractivity contribution in [3.05, 3.63) is 64.6 Å². The lowest BCUT2D eigenvalue weighted by molar-refractivity contribution is 0.506. The van der Waals surface area contributed by atoms with Crippen LogP contribution in [0, 0.1) is 19.7 Å². The van der Waals surface area contributed by atoms with Crippen LogP contribution in [0.3, 0.4) is 0 Å². The Kier molecular flexibility index (Phi) is 4.12. The van der Waals surface area contributed by atoms with Gasteiger partial charge in [-0.05, 0) is 74.1 Å². The van der Waals surface area contributed by atoms with E-state index in [1.54, 1.807) is 19.1 Å². The number of halogens is 1. The summed E-state index contributed by atoms with van der Waals surface area (Å²) >= 11 is 0. The van der Waals surface area contributed by atoms with Gasteiger partial charge in [-0.3, -0.25) is 0 Å². The third-order valence-corrected chi connectivity index (χ3v) is 6.77. The van der Waals surface area contributed by atoms with Gasteiger partial charge in [0.25, 0.3) is 0 Å². The number of hydrogen-bond acceptors (Lipinski definition) is 2. The van der Waals surface area contributed by atoms with Crippen LogP contribution in [0.25, 0.3) is 10.9 Å². The zero-order valence-corrected chi connectivity index (χ0v) is 15.6. The second-order valence-corrected chi connectivity index (χ2v) is 8.78. The van der Waals surface area contributed by atoms with Gasteiger partial charge >= 0.3 is 0 Å². The van der Waals surface area contributed by atoms with Crippen LogP contribution in [-0.4, -0.2) is 19.4 Å². The molecule has 1 aromatic heterocycles. The van der Waals surface area contributed by atoms with Crippen molar-refractivity contribution in [1.29, 1.82) is 0 Å². The molecule has 4 nitrogen and oxygen atoms in total. The van der Waals surface area contributed by atoms with Crippen LogP contribution in [-0.2, 0) is 22.9 Å². The number of benzene rings is 2. The SMILES string of the molecule is Cc1ccc(C)c(S(=O)(=O)NC2CCc3[nH]c4cc(F)ccc4c3C2)c1. The van der Waals surface area contributed by atoms with E-state index in [1.807, 2.05) is 19.1 Å². The van der Waals surface area contributed by atoms with Gasteiger partial charge in [-0.2, -0.15) is 0 Å². The summed E-state index contributed by atoms with van der Waals surface area (Å²) in [4.78, 5) is 3.61. The van der Waals surface area contributed by atoms with Crippen LogP contribution in [0.4, 0.5) is 4.39 Å². The van der Waals surface area contributed by atoms with Gasteiger partial charge in [0.1, 0.15) is 5.82 Å². The smallest absolute Gasteiger partial charge is 0.241 e. The van der Waals surface area contributed by atoms with Crippen molar-refractivity contribution < 1.29 is 12.8 Å². The molecule has 0 saturated carbocycles. The number of H-pyrrole nitrogens is 1. The summed E-state index contributed by atoms with van der Waals surface area (Å²) in [7, 11) is -3.58. The van der Waals surface area contributed by atoms with Crippen LogP contribution >= 0.6 is 0 Å². The first-order chi connectivity index (χ1) is 12.3. The zero-order chi connectivity index (χ0) is 18.5. The Labute approximate surface area is 152 Å². The van der Waals surface area contributed by atoms with E-state index < -0.39 is 10.0 Å². The quantitative estimate of drug-likeness (QED) is 0.735.